The van der Waals surface area contributed by atoms with Gasteiger partial charge in [-0.25, -0.2) is 0 Å². The highest BCUT2D eigenvalue weighted by molar-refractivity contribution is 5.73. The lowest BCUT2D eigenvalue weighted by molar-refractivity contribution is -0.127. The summed E-state index contributed by atoms with van der Waals surface area (Å²) in [7, 11) is 1.90. The predicted molar refractivity (Wildman–Crippen MR) is 74.8 cm³/mol. The quantitative estimate of drug-likeness (QED) is 0.783. The second-order valence-corrected chi connectivity index (χ2v) is 5.79. The largest absolute Gasteiger partial charge is 0.345 e. The van der Waals surface area contributed by atoms with Crippen LogP contribution >= 0.6 is 0 Å². The van der Waals surface area contributed by atoms with Crippen LogP contribution in [0.3, 0.4) is 0 Å². The second-order valence-electron chi connectivity index (χ2n) is 5.79. The van der Waals surface area contributed by atoms with Gasteiger partial charge in [-0.05, 0) is 29.9 Å². The van der Waals surface area contributed by atoms with Crippen LogP contribution in [0.5, 0.6) is 0 Å². The van der Waals surface area contributed by atoms with Crippen molar-refractivity contribution in [2.45, 2.75) is 39.5 Å². The van der Waals surface area contributed by atoms with Crippen LogP contribution in [0.4, 0.5) is 0 Å². The van der Waals surface area contributed by atoms with Gasteiger partial charge < -0.3 is 4.90 Å². The fourth-order valence-electron chi connectivity index (χ4n) is 3.03. The van der Waals surface area contributed by atoms with E-state index >= 15 is 0 Å². The van der Waals surface area contributed by atoms with Crippen LogP contribution in [0.2, 0.25) is 0 Å². The molecule has 2 nitrogen and oxygen atoms in total. The molecule has 1 aromatic carbocycles. The van der Waals surface area contributed by atoms with Crippen molar-refractivity contribution in [1.29, 1.82) is 0 Å². The van der Waals surface area contributed by atoms with Gasteiger partial charge in [-0.2, -0.15) is 0 Å². The zero-order chi connectivity index (χ0) is 13.4. The standard InChI is InChI=1S/C16H23NO/c1-10-6-7-14-11(2)12(3)16(15(14)8-10)9-17(5)13(4)18/h6-8,11-12,16H,9H2,1-5H3. The molecule has 0 saturated heterocycles. The Morgan fingerprint density at radius 1 is 1.28 bits per heavy atom. The van der Waals surface area contributed by atoms with Crippen LogP contribution in [0.15, 0.2) is 18.2 Å². The van der Waals surface area contributed by atoms with Crippen LogP contribution < -0.4 is 0 Å². The van der Waals surface area contributed by atoms with Gasteiger partial charge in [0.1, 0.15) is 0 Å². The van der Waals surface area contributed by atoms with Crippen molar-refractivity contribution >= 4 is 5.91 Å². The summed E-state index contributed by atoms with van der Waals surface area (Å²) in [6.45, 7) is 9.21. The molecule has 2 rings (SSSR count). The number of hydrogen-bond acceptors (Lipinski definition) is 1. The van der Waals surface area contributed by atoms with Crippen LogP contribution in [-0.4, -0.2) is 24.4 Å². The lowest BCUT2D eigenvalue weighted by atomic mass is 9.89. The molecule has 2 heteroatoms. The molecule has 0 N–H and O–H groups in total. The van der Waals surface area contributed by atoms with Gasteiger partial charge in [0.05, 0.1) is 0 Å². The first kappa shape index (κ1) is 13.1. The Labute approximate surface area is 110 Å². The molecule has 0 aromatic heterocycles. The van der Waals surface area contributed by atoms with Gasteiger partial charge in [-0.3, -0.25) is 4.79 Å². The van der Waals surface area contributed by atoms with E-state index in [2.05, 4.69) is 39.0 Å². The summed E-state index contributed by atoms with van der Waals surface area (Å²) < 4.78 is 0. The minimum Gasteiger partial charge on any atom is -0.345 e. The fraction of sp³-hybridized carbons (Fsp3) is 0.562. The van der Waals surface area contributed by atoms with Crippen LogP contribution in [-0.2, 0) is 4.79 Å². The van der Waals surface area contributed by atoms with E-state index in [9.17, 15) is 4.79 Å². The van der Waals surface area contributed by atoms with Crippen LogP contribution in [0.1, 0.15) is 49.3 Å². The first-order valence-electron chi connectivity index (χ1n) is 6.74. The maximum absolute atomic E-state index is 11.4. The number of fused-ring (bicyclic) bond motifs is 1. The van der Waals surface area contributed by atoms with Gasteiger partial charge in [-0.1, -0.05) is 37.6 Å². The zero-order valence-electron chi connectivity index (χ0n) is 12.0. The van der Waals surface area contributed by atoms with Crippen molar-refractivity contribution in [3.63, 3.8) is 0 Å². The Morgan fingerprint density at radius 2 is 1.94 bits per heavy atom. The summed E-state index contributed by atoms with van der Waals surface area (Å²) >= 11 is 0. The van der Waals surface area contributed by atoms with E-state index < -0.39 is 0 Å². The van der Waals surface area contributed by atoms with Crippen LogP contribution in [0.25, 0.3) is 0 Å². The summed E-state index contributed by atoms with van der Waals surface area (Å²) in [4.78, 5) is 13.3. The van der Waals surface area contributed by atoms with E-state index in [1.165, 1.54) is 16.7 Å². The van der Waals surface area contributed by atoms with Gasteiger partial charge >= 0.3 is 0 Å². The number of benzene rings is 1. The van der Waals surface area contributed by atoms with Crippen molar-refractivity contribution in [2.24, 2.45) is 5.92 Å². The van der Waals surface area contributed by atoms with E-state index in [0.717, 1.165) is 6.54 Å². The summed E-state index contributed by atoms with van der Waals surface area (Å²) in [5, 5.41) is 0. The highest BCUT2D eigenvalue weighted by Gasteiger charge is 2.35. The van der Waals surface area contributed by atoms with E-state index in [4.69, 9.17) is 0 Å². The molecule has 3 unspecified atom stereocenters. The zero-order valence-corrected chi connectivity index (χ0v) is 12.0. The van der Waals surface area contributed by atoms with Crippen molar-refractivity contribution in [2.75, 3.05) is 13.6 Å². The SMILES string of the molecule is CC(=O)N(C)CC1c2cc(C)ccc2C(C)C1C. The highest BCUT2D eigenvalue weighted by Crippen LogP contribution is 2.46. The molecule has 1 aliphatic carbocycles. The number of amides is 1. The molecule has 98 valence electrons. The third-order valence-corrected chi connectivity index (χ3v) is 4.56. The molecule has 0 heterocycles. The first-order valence-corrected chi connectivity index (χ1v) is 6.74. The molecule has 0 saturated carbocycles. The van der Waals surface area contributed by atoms with Gasteiger partial charge in [0.2, 0.25) is 5.91 Å². The average Bonchev–Trinajstić information content (AvgIpc) is 2.54. The van der Waals surface area contributed by atoms with Crippen molar-refractivity contribution in [1.82, 2.24) is 4.90 Å². The minimum absolute atomic E-state index is 0.149. The number of nitrogens with zero attached hydrogens (tertiary/aromatic N) is 1. The first-order chi connectivity index (χ1) is 8.41. The topological polar surface area (TPSA) is 20.3 Å². The van der Waals surface area contributed by atoms with Crippen molar-refractivity contribution < 1.29 is 4.79 Å². The molecule has 0 bridgehead atoms. The molecule has 1 aromatic rings. The minimum atomic E-state index is 0.149. The molecule has 1 aliphatic rings. The maximum atomic E-state index is 11.4. The number of hydrogen-bond donors (Lipinski definition) is 0. The number of carbonyl (C=O) groups excluding carboxylic acids is 1. The Kier molecular flexibility index (Phi) is 3.47. The molecular weight excluding hydrogens is 222 g/mol. The van der Waals surface area contributed by atoms with Gasteiger partial charge in [0.15, 0.2) is 0 Å². The van der Waals surface area contributed by atoms with E-state index in [1.807, 2.05) is 11.9 Å². The highest BCUT2D eigenvalue weighted by atomic mass is 16.2. The molecule has 0 fully saturated rings. The fourth-order valence-corrected chi connectivity index (χ4v) is 3.03. The maximum Gasteiger partial charge on any atom is 0.219 e. The smallest absolute Gasteiger partial charge is 0.219 e. The normalized spacial score (nSPS) is 25.9. The lowest BCUT2D eigenvalue weighted by Crippen LogP contribution is -2.30. The number of aryl methyl sites for hydroxylation is 1. The van der Waals surface area contributed by atoms with E-state index in [-0.39, 0.29) is 5.91 Å². The van der Waals surface area contributed by atoms with Gasteiger partial charge in [0.25, 0.3) is 0 Å². The van der Waals surface area contributed by atoms with Gasteiger partial charge in [-0.15, -0.1) is 0 Å². The molecule has 0 aliphatic heterocycles. The number of rotatable bonds is 2. The summed E-state index contributed by atoms with van der Waals surface area (Å²) in [5.74, 6) is 1.81. The monoisotopic (exact) mass is 245 g/mol. The molecule has 1 amide bonds. The number of likely N-dealkylation sites (N-methyl/N-ethyl adjacent to an activating group) is 1. The molecule has 18 heavy (non-hydrogen) atoms. The summed E-state index contributed by atoms with van der Waals surface area (Å²) in [6.07, 6.45) is 0. The van der Waals surface area contributed by atoms with Crippen molar-refractivity contribution in [3.05, 3.63) is 34.9 Å². The van der Waals surface area contributed by atoms with Crippen LogP contribution in [0, 0.1) is 12.8 Å². The predicted octanol–water partition coefficient (Wildman–Crippen LogP) is 3.31. The third kappa shape index (κ3) is 2.16. The molecule has 0 spiro atoms. The van der Waals surface area contributed by atoms with E-state index in [1.54, 1.807) is 6.92 Å². The molecule has 0 radical (unpaired) electrons. The van der Waals surface area contributed by atoms with E-state index in [0.29, 0.717) is 17.8 Å². The summed E-state index contributed by atoms with van der Waals surface area (Å²) in [6, 6.07) is 6.76. The van der Waals surface area contributed by atoms with Crippen molar-refractivity contribution in [3.8, 4) is 0 Å². The Bertz CT molecular complexity index is 466. The van der Waals surface area contributed by atoms with Gasteiger partial charge in [0, 0.05) is 26.4 Å². The number of carbonyl (C=O) groups is 1. The third-order valence-electron chi connectivity index (χ3n) is 4.56. The lowest BCUT2D eigenvalue weighted by Gasteiger charge is -2.25. The Morgan fingerprint density at radius 3 is 2.56 bits per heavy atom. The Balaban J connectivity index is 2.32. The molecular formula is C16H23NO. The Hall–Kier alpha value is -1.31. The molecule has 3 atom stereocenters. The summed E-state index contributed by atoms with van der Waals surface area (Å²) in [5.41, 5.74) is 4.23. The second kappa shape index (κ2) is 4.75. The average molecular weight is 245 g/mol.